The average Bonchev–Trinajstić information content (AvgIpc) is 2.76. The highest BCUT2D eigenvalue weighted by Gasteiger charge is 2.23. The molecule has 2 aromatic carbocycles. The molecule has 0 bridgehead atoms. The minimum atomic E-state index is -0.371. The molecular weight excluding hydrogens is 410 g/mol. The molecule has 0 fully saturated rings. The second kappa shape index (κ2) is 11.2. The van der Waals surface area contributed by atoms with Crippen LogP contribution in [0.1, 0.15) is 44.4 Å². The third kappa shape index (κ3) is 6.23. The van der Waals surface area contributed by atoms with Gasteiger partial charge in [0.1, 0.15) is 5.75 Å². The summed E-state index contributed by atoms with van der Waals surface area (Å²) in [5, 5.41) is 5.33. The Labute approximate surface area is 188 Å². The van der Waals surface area contributed by atoms with E-state index in [0.29, 0.717) is 31.3 Å². The fourth-order valence-corrected chi connectivity index (χ4v) is 3.37. The molecule has 2 aromatic rings. The van der Waals surface area contributed by atoms with Crippen LogP contribution in [0.15, 0.2) is 47.5 Å². The third-order valence-corrected chi connectivity index (χ3v) is 4.73. The summed E-state index contributed by atoms with van der Waals surface area (Å²) in [6, 6.07) is 12.5. The number of carbonyl (C=O) groups excluding carboxylic acids is 2. The molecule has 0 aliphatic carbocycles. The number of amides is 2. The molecule has 0 saturated carbocycles. The maximum absolute atomic E-state index is 12.6. The Kier molecular flexibility index (Phi) is 8.08. The van der Waals surface area contributed by atoms with E-state index in [4.69, 9.17) is 14.2 Å². The van der Waals surface area contributed by atoms with E-state index in [-0.39, 0.29) is 36.7 Å². The molecule has 0 radical (unpaired) electrons. The van der Waals surface area contributed by atoms with Crippen molar-refractivity contribution in [3.05, 3.63) is 53.6 Å². The number of aliphatic imine (C=N–C) groups is 1. The Bertz CT molecular complexity index is 972. The molecule has 1 heterocycles. The van der Waals surface area contributed by atoms with E-state index in [1.54, 1.807) is 12.1 Å². The molecule has 170 valence electrons. The lowest BCUT2D eigenvalue weighted by Gasteiger charge is -2.21. The largest absolute Gasteiger partial charge is 0.494 e. The minimum absolute atomic E-state index is 0.106. The lowest BCUT2D eigenvalue weighted by atomic mass is 10.0. The second-order valence-electron chi connectivity index (χ2n) is 7.12. The van der Waals surface area contributed by atoms with Crippen molar-refractivity contribution in [3.63, 3.8) is 0 Å². The van der Waals surface area contributed by atoms with Crippen LogP contribution in [0.25, 0.3) is 0 Å². The van der Waals surface area contributed by atoms with E-state index in [1.165, 1.54) is 0 Å². The van der Waals surface area contributed by atoms with Gasteiger partial charge in [-0.05, 0) is 56.2 Å². The normalized spacial score (nSPS) is 15.4. The summed E-state index contributed by atoms with van der Waals surface area (Å²) in [7, 11) is 0. The number of guanidine groups is 1. The topological polar surface area (TPSA) is 98.3 Å². The van der Waals surface area contributed by atoms with Crippen LogP contribution < -0.4 is 24.8 Å². The zero-order valence-electron chi connectivity index (χ0n) is 18.6. The number of nitrogens with one attached hydrogen (secondary N) is 2. The Hall–Kier alpha value is -3.55. The first kappa shape index (κ1) is 23.1. The van der Waals surface area contributed by atoms with Gasteiger partial charge in [0.15, 0.2) is 11.5 Å². The Morgan fingerprint density at radius 2 is 1.69 bits per heavy atom. The van der Waals surface area contributed by atoms with E-state index in [9.17, 15) is 9.59 Å². The molecule has 2 amide bonds. The van der Waals surface area contributed by atoms with Gasteiger partial charge < -0.3 is 14.2 Å². The van der Waals surface area contributed by atoms with Crippen molar-refractivity contribution >= 4 is 17.8 Å². The third-order valence-electron chi connectivity index (χ3n) is 4.73. The molecule has 1 aliphatic heterocycles. The summed E-state index contributed by atoms with van der Waals surface area (Å²) >= 11 is 0. The van der Waals surface area contributed by atoms with Crippen LogP contribution >= 0.6 is 0 Å². The molecule has 1 atom stereocenters. The lowest BCUT2D eigenvalue weighted by molar-refractivity contribution is -0.120. The molecule has 2 N–H and O–H groups in total. The monoisotopic (exact) mass is 439 g/mol. The molecule has 1 aliphatic rings. The lowest BCUT2D eigenvalue weighted by Crippen LogP contribution is -2.47. The Morgan fingerprint density at radius 3 is 2.38 bits per heavy atom. The number of hydrogen-bond acceptors (Lipinski definition) is 6. The highest BCUT2D eigenvalue weighted by atomic mass is 16.5. The first-order valence-corrected chi connectivity index (χ1v) is 10.8. The van der Waals surface area contributed by atoms with Crippen LogP contribution in [0.5, 0.6) is 17.2 Å². The van der Waals surface area contributed by atoms with Crippen LogP contribution in [-0.2, 0) is 16.0 Å². The molecule has 8 nitrogen and oxygen atoms in total. The summed E-state index contributed by atoms with van der Waals surface area (Å²) in [6.45, 7) is 7.31. The molecule has 3 rings (SSSR count). The van der Waals surface area contributed by atoms with Crippen LogP contribution in [0.4, 0.5) is 0 Å². The number of carbonyl (C=O) groups is 2. The summed E-state index contributed by atoms with van der Waals surface area (Å²) in [5.41, 5.74) is 1.64. The molecular formula is C24H29N3O5. The summed E-state index contributed by atoms with van der Waals surface area (Å²) < 4.78 is 16.6. The fourth-order valence-electron chi connectivity index (χ4n) is 3.37. The summed E-state index contributed by atoms with van der Waals surface area (Å²) in [4.78, 5) is 29.3. The minimum Gasteiger partial charge on any atom is -0.494 e. The zero-order chi connectivity index (χ0) is 22.9. The highest BCUT2D eigenvalue weighted by Crippen LogP contribution is 2.29. The first-order chi connectivity index (χ1) is 15.5. The quantitative estimate of drug-likeness (QED) is 0.625. The van der Waals surface area contributed by atoms with Crippen molar-refractivity contribution in [3.8, 4) is 17.2 Å². The van der Waals surface area contributed by atoms with Gasteiger partial charge in [-0.2, -0.15) is 0 Å². The predicted octanol–water partition coefficient (Wildman–Crippen LogP) is 3.16. The maximum atomic E-state index is 12.6. The van der Waals surface area contributed by atoms with Gasteiger partial charge in [0.2, 0.25) is 17.8 Å². The standard InChI is InChI=1S/C24H29N3O5/c1-4-30-18-10-8-17(9-11-18)19-15-23(29)27-24(25-19)26-22(28)14-16-7-12-20(31-5-2)21(13-16)32-6-3/h7-13,19H,4-6,14-15H2,1-3H3,(H2,25,26,27,28,29)/t19-/m1/s1. The van der Waals surface area contributed by atoms with Crippen LogP contribution in [0.2, 0.25) is 0 Å². The van der Waals surface area contributed by atoms with Gasteiger partial charge in [-0.15, -0.1) is 0 Å². The maximum Gasteiger partial charge on any atom is 0.231 e. The number of nitrogens with zero attached hydrogens (tertiary/aromatic N) is 1. The van der Waals surface area contributed by atoms with Gasteiger partial charge in [-0.1, -0.05) is 18.2 Å². The van der Waals surface area contributed by atoms with Gasteiger partial charge in [-0.3, -0.25) is 20.2 Å². The van der Waals surface area contributed by atoms with Gasteiger partial charge in [0.25, 0.3) is 0 Å². The average molecular weight is 440 g/mol. The van der Waals surface area contributed by atoms with Crippen molar-refractivity contribution < 1.29 is 23.8 Å². The Balaban J connectivity index is 1.68. The molecule has 8 heteroatoms. The number of hydrogen-bond donors (Lipinski definition) is 2. The van der Waals surface area contributed by atoms with E-state index in [1.807, 2.05) is 51.1 Å². The molecule has 0 aromatic heterocycles. The van der Waals surface area contributed by atoms with Gasteiger partial charge in [-0.25, -0.2) is 4.99 Å². The van der Waals surface area contributed by atoms with Crippen molar-refractivity contribution in [1.82, 2.24) is 10.6 Å². The first-order valence-electron chi connectivity index (χ1n) is 10.8. The van der Waals surface area contributed by atoms with Crippen LogP contribution in [0.3, 0.4) is 0 Å². The Morgan fingerprint density at radius 1 is 1.00 bits per heavy atom. The number of ether oxygens (including phenoxy) is 3. The van der Waals surface area contributed by atoms with Gasteiger partial charge in [0.05, 0.1) is 38.7 Å². The number of rotatable bonds is 9. The number of benzene rings is 2. The van der Waals surface area contributed by atoms with Crippen molar-refractivity contribution in [2.45, 2.75) is 39.7 Å². The van der Waals surface area contributed by atoms with Crippen molar-refractivity contribution in [1.29, 1.82) is 0 Å². The van der Waals surface area contributed by atoms with Gasteiger partial charge >= 0.3 is 0 Å². The van der Waals surface area contributed by atoms with E-state index in [2.05, 4.69) is 15.6 Å². The van der Waals surface area contributed by atoms with E-state index < -0.39 is 0 Å². The molecule has 0 saturated heterocycles. The predicted molar refractivity (Wildman–Crippen MR) is 121 cm³/mol. The molecule has 32 heavy (non-hydrogen) atoms. The molecule has 0 spiro atoms. The summed E-state index contributed by atoms with van der Waals surface area (Å²) in [5.74, 6) is 1.66. The SMILES string of the molecule is CCOc1ccc([C@H]2CC(=O)NC(NC(=O)Cc3ccc(OCC)c(OCC)c3)=N2)cc1. The van der Waals surface area contributed by atoms with Crippen molar-refractivity contribution in [2.24, 2.45) is 4.99 Å². The fraction of sp³-hybridized carbons (Fsp3) is 0.375. The second-order valence-corrected chi connectivity index (χ2v) is 7.12. The van der Waals surface area contributed by atoms with Gasteiger partial charge in [0, 0.05) is 0 Å². The zero-order valence-corrected chi connectivity index (χ0v) is 18.6. The highest BCUT2D eigenvalue weighted by molar-refractivity contribution is 6.06. The van der Waals surface area contributed by atoms with Crippen LogP contribution in [0, 0.1) is 0 Å². The summed E-state index contributed by atoms with van der Waals surface area (Å²) in [6.07, 6.45) is 0.319. The van der Waals surface area contributed by atoms with Crippen LogP contribution in [-0.4, -0.2) is 37.6 Å². The smallest absolute Gasteiger partial charge is 0.231 e. The van der Waals surface area contributed by atoms with E-state index >= 15 is 0 Å². The molecule has 0 unspecified atom stereocenters. The van der Waals surface area contributed by atoms with E-state index in [0.717, 1.165) is 16.9 Å². The van der Waals surface area contributed by atoms with Crippen molar-refractivity contribution in [2.75, 3.05) is 19.8 Å².